The van der Waals surface area contributed by atoms with Crippen molar-refractivity contribution >= 4 is 17.8 Å². The summed E-state index contributed by atoms with van der Waals surface area (Å²) in [5, 5.41) is 5.59. The minimum absolute atomic E-state index is 0.00847. The van der Waals surface area contributed by atoms with Gasteiger partial charge in [-0.25, -0.2) is 4.79 Å². The third-order valence-corrected chi connectivity index (χ3v) is 4.79. The molecule has 4 amide bonds. The first-order valence-electron chi connectivity index (χ1n) is 9.14. The molecule has 2 unspecified atom stereocenters. The summed E-state index contributed by atoms with van der Waals surface area (Å²) in [6.07, 6.45) is 1.88. The highest BCUT2D eigenvalue weighted by Gasteiger charge is 2.49. The number of hydrogen-bond donors (Lipinski definition) is 2. The molecule has 1 aromatic rings. The predicted octanol–water partition coefficient (Wildman–Crippen LogP) is 2.70. The number of carbonyl (C=O) groups excluding carboxylic acids is 3. The molecule has 0 saturated carbocycles. The third-order valence-electron chi connectivity index (χ3n) is 4.79. The summed E-state index contributed by atoms with van der Waals surface area (Å²) in [5.41, 5.74) is 0.629. The summed E-state index contributed by atoms with van der Waals surface area (Å²) in [6.45, 7) is 9.56. The van der Waals surface area contributed by atoms with Gasteiger partial charge in [0, 0.05) is 6.04 Å². The Morgan fingerprint density at radius 2 is 1.77 bits per heavy atom. The van der Waals surface area contributed by atoms with Crippen LogP contribution in [0.2, 0.25) is 0 Å². The summed E-state index contributed by atoms with van der Waals surface area (Å²) in [5.74, 6) is -0.162. The molecule has 0 spiro atoms. The highest BCUT2D eigenvalue weighted by atomic mass is 16.2. The minimum atomic E-state index is -1.14. The SMILES string of the molecule is Cc1ccc(C2(C)NC(=O)N(CC(=O)NC(C)CCC(C)C)C2=O)cc1. The number of aryl methyl sites for hydroxylation is 1. The van der Waals surface area contributed by atoms with Crippen molar-refractivity contribution in [2.24, 2.45) is 5.92 Å². The Morgan fingerprint density at radius 3 is 2.35 bits per heavy atom. The molecule has 6 heteroatoms. The fourth-order valence-corrected chi connectivity index (χ4v) is 3.04. The molecule has 0 aromatic heterocycles. The van der Waals surface area contributed by atoms with Crippen LogP contribution in [0.4, 0.5) is 4.79 Å². The van der Waals surface area contributed by atoms with Crippen molar-refractivity contribution in [1.29, 1.82) is 0 Å². The van der Waals surface area contributed by atoms with E-state index >= 15 is 0 Å². The van der Waals surface area contributed by atoms with Crippen LogP contribution in [0.1, 0.15) is 51.7 Å². The lowest BCUT2D eigenvalue weighted by Gasteiger charge is -2.22. The Balaban J connectivity index is 2.02. The van der Waals surface area contributed by atoms with Gasteiger partial charge in [-0.2, -0.15) is 0 Å². The molecule has 1 saturated heterocycles. The van der Waals surface area contributed by atoms with Gasteiger partial charge >= 0.3 is 6.03 Å². The van der Waals surface area contributed by atoms with Crippen LogP contribution in [-0.4, -0.2) is 35.3 Å². The first kappa shape index (κ1) is 19.9. The Labute approximate surface area is 155 Å². The highest BCUT2D eigenvalue weighted by molar-refractivity contribution is 6.09. The Hall–Kier alpha value is -2.37. The van der Waals surface area contributed by atoms with Crippen molar-refractivity contribution in [3.63, 3.8) is 0 Å². The first-order chi connectivity index (χ1) is 12.1. The van der Waals surface area contributed by atoms with E-state index in [1.54, 1.807) is 6.92 Å². The summed E-state index contributed by atoms with van der Waals surface area (Å²) in [7, 11) is 0. The molecule has 2 N–H and O–H groups in total. The van der Waals surface area contributed by atoms with Crippen molar-refractivity contribution in [3.8, 4) is 0 Å². The zero-order valence-corrected chi connectivity index (χ0v) is 16.3. The van der Waals surface area contributed by atoms with Crippen LogP contribution in [0, 0.1) is 12.8 Å². The summed E-state index contributed by atoms with van der Waals surface area (Å²) in [4.78, 5) is 38.4. The van der Waals surface area contributed by atoms with E-state index in [0.29, 0.717) is 11.5 Å². The maximum Gasteiger partial charge on any atom is 0.325 e. The number of urea groups is 1. The second-order valence-electron chi connectivity index (χ2n) is 7.75. The average Bonchev–Trinajstić information content (AvgIpc) is 2.77. The van der Waals surface area contributed by atoms with Crippen molar-refractivity contribution in [2.45, 2.75) is 59.0 Å². The van der Waals surface area contributed by atoms with Gasteiger partial charge in [0.2, 0.25) is 5.91 Å². The van der Waals surface area contributed by atoms with Crippen LogP contribution in [0.3, 0.4) is 0 Å². The van der Waals surface area contributed by atoms with Crippen LogP contribution in [-0.2, 0) is 15.1 Å². The molecule has 1 aliphatic rings. The largest absolute Gasteiger partial charge is 0.352 e. The van der Waals surface area contributed by atoms with Crippen molar-refractivity contribution in [1.82, 2.24) is 15.5 Å². The van der Waals surface area contributed by atoms with Gasteiger partial charge in [-0.3, -0.25) is 14.5 Å². The lowest BCUT2D eigenvalue weighted by molar-refractivity contribution is -0.135. The van der Waals surface area contributed by atoms with E-state index in [1.165, 1.54) is 0 Å². The van der Waals surface area contributed by atoms with Crippen LogP contribution < -0.4 is 10.6 Å². The maximum atomic E-state index is 12.8. The second-order valence-corrected chi connectivity index (χ2v) is 7.75. The topological polar surface area (TPSA) is 78.5 Å². The van der Waals surface area contributed by atoms with E-state index in [0.717, 1.165) is 23.3 Å². The lowest BCUT2D eigenvalue weighted by Crippen LogP contribution is -2.45. The molecule has 0 aliphatic carbocycles. The fraction of sp³-hybridized carbons (Fsp3) is 0.550. The Morgan fingerprint density at radius 1 is 1.15 bits per heavy atom. The molecule has 1 aromatic carbocycles. The fourth-order valence-electron chi connectivity index (χ4n) is 3.04. The Bertz CT molecular complexity index is 684. The molecule has 2 atom stereocenters. The number of nitrogens with one attached hydrogen (secondary N) is 2. The van der Waals surface area contributed by atoms with Gasteiger partial charge in [0.05, 0.1) is 0 Å². The number of amides is 4. The van der Waals surface area contributed by atoms with E-state index in [1.807, 2.05) is 38.1 Å². The van der Waals surface area contributed by atoms with Crippen LogP contribution in [0.25, 0.3) is 0 Å². The molecule has 142 valence electrons. The van der Waals surface area contributed by atoms with Crippen molar-refractivity contribution in [2.75, 3.05) is 6.54 Å². The van der Waals surface area contributed by atoms with Gasteiger partial charge in [-0.1, -0.05) is 43.7 Å². The van der Waals surface area contributed by atoms with E-state index in [2.05, 4.69) is 24.5 Å². The molecule has 6 nitrogen and oxygen atoms in total. The number of carbonyl (C=O) groups is 3. The van der Waals surface area contributed by atoms with Gasteiger partial charge in [-0.15, -0.1) is 0 Å². The van der Waals surface area contributed by atoms with Gasteiger partial charge in [0.15, 0.2) is 0 Å². The molecule has 0 radical (unpaired) electrons. The molecular weight excluding hydrogens is 330 g/mol. The Kier molecular flexibility index (Phi) is 6.05. The zero-order valence-electron chi connectivity index (χ0n) is 16.3. The standard InChI is InChI=1S/C20H29N3O3/c1-13(2)6-9-15(4)21-17(24)12-23-18(25)20(5,22-19(23)26)16-10-7-14(3)8-11-16/h7-8,10-11,13,15H,6,9,12H2,1-5H3,(H,21,24)(H,22,26). The van der Waals surface area contributed by atoms with Crippen LogP contribution in [0.5, 0.6) is 0 Å². The highest BCUT2D eigenvalue weighted by Crippen LogP contribution is 2.28. The van der Waals surface area contributed by atoms with Gasteiger partial charge < -0.3 is 10.6 Å². The summed E-state index contributed by atoms with van der Waals surface area (Å²) >= 11 is 0. The quantitative estimate of drug-likeness (QED) is 0.735. The molecule has 0 bridgehead atoms. The maximum absolute atomic E-state index is 12.8. The zero-order chi connectivity index (χ0) is 19.5. The number of hydrogen-bond acceptors (Lipinski definition) is 3. The predicted molar refractivity (Wildman–Crippen MR) is 100 cm³/mol. The van der Waals surface area contributed by atoms with Crippen molar-refractivity contribution < 1.29 is 14.4 Å². The van der Waals surface area contributed by atoms with Gasteiger partial charge in [0.1, 0.15) is 12.1 Å². The smallest absolute Gasteiger partial charge is 0.325 e. The van der Waals surface area contributed by atoms with E-state index in [4.69, 9.17) is 0 Å². The summed E-state index contributed by atoms with van der Waals surface area (Å²) in [6, 6.07) is 6.91. The van der Waals surface area contributed by atoms with Gasteiger partial charge in [0.25, 0.3) is 5.91 Å². The van der Waals surface area contributed by atoms with E-state index in [-0.39, 0.29) is 18.5 Å². The molecular formula is C20H29N3O3. The van der Waals surface area contributed by atoms with Gasteiger partial charge in [-0.05, 0) is 45.1 Å². The van der Waals surface area contributed by atoms with Crippen molar-refractivity contribution in [3.05, 3.63) is 35.4 Å². The summed E-state index contributed by atoms with van der Waals surface area (Å²) < 4.78 is 0. The monoisotopic (exact) mass is 359 g/mol. The molecule has 26 heavy (non-hydrogen) atoms. The number of imide groups is 1. The minimum Gasteiger partial charge on any atom is -0.352 e. The lowest BCUT2D eigenvalue weighted by atomic mass is 9.91. The molecule has 1 heterocycles. The number of benzene rings is 1. The first-order valence-corrected chi connectivity index (χ1v) is 9.14. The second kappa shape index (κ2) is 7.89. The van der Waals surface area contributed by atoms with E-state index in [9.17, 15) is 14.4 Å². The molecule has 1 fully saturated rings. The normalized spacial score (nSPS) is 21.1. The van der Waals surface area contributed by atoms with Crippen LogP contribution >= 0.6 is 0 Å². The molecule has 2 rings (SSSR count). The average molecular weight is 359 g/mol. The van der Waals surface area contributed by atoms with E-state index < -0.39 is 17.5 Å². The molecule has 1 aliphatic heterocycles. The van der Waals surface area contributed by atoms with Crippen LogP contribution in [0.15, 0.2) is 24.3 Å². The third kappa shape index (κ3) is 4.42. The number of rotatable bonds is 7. The number of nitrogens with zero attached hydrogens (tertiary/aromatic N) is 1.